The Kier molecular flexibility index (Phi) is 5.70. The van der Waals surface area contributed by atoms with Gasteiger partial charge in [0, 0.05) is 18.7 Å². The Bertz CT molecular complexity index is 710. The van der Waals surface area contributed by atoms with Crippen molar-refractivity contribution in [2.75, 3.05) is 27.7 Å². The van der Waals surface area contributed by atoms with Crippen molar-refractivity contribution in [1.29, 1.82) is 0 Å². The minimum absolute atomic E-state index is 0.0900. The number of rotatable bonds is 6. The van der Waals surface area contributed by atoms with Crippen molar-refractivity contribution >= 4 is 11.9 Å². The van der Waals surface area contributed by atoms with Crippen LogP contribution in [-0.2, 0) is 4.74 Å². The number of ether oxygens (including phenoxy) is 1. The largest absolute Gasteiger partial charge is 0.464 e. The molecule has 128 valence electrons. The fraction of sp³-hybridized carbons (Fsp3) is 0.353. The Morgan fingerprint density at radius 3 is 2.54 bits per heavy atom. The molecule has 0 aliphatic carbocycles. The summed E-state index contributed by atoms with van der Waals surface area (Å²) in [6, 6.07) is 10.8. The Balaban J connectivity index is 2.31. The molecule has 0 unspecified atom stereocenters. The number of hydrogen-bond donors (Lipinski definition) is 1. The lowest BCUT2D eigenvalue weighted by Crippen LogP contribution is -2.38. The molecule has 0 saturated carbocycles. The summed E-state index contributed by atoms with van der Waals surface area (Å²) in [4.78, 5) is 26.3. The number of aromatic nitrogens is 2. The SMILES string of the molecule is COC(=O)c1cc(C(=O)NC[C@@H](C)N(C)C)n(-c2ccccc2)n1. The highest BCUT2D eigenvalue weighted by atomic mass is 16.5. The van der Waals surface area contributed by atoms with E-state index in [1.807, 2.05) is 56.3 Å². The molecule has 1 aromatic carbocycles. The molecule has 7 heteroatoms. The van der Waals surface area contributed by atoms with E-state index in [1.54, 1.807) is 0 Å². The molecule has 1 amide bonds. The lowest BCUT2D eigenvalue weighted by molar-refractivity contribution is 0.0593. The molecule has 1 N–H and O–H groups in total. The molecule has 0 aliphatic heterocycles. The number of esters is 1. The van der Waals surface area contributed by atoms with Crippen molar-refractivity contribution in [1.82, 2.24) is 20.0 Å². The normalized spacial score (nSPS) is 12.0. The van der Waals surface area contributed by atoms with E-state index in [9.17, 15) is 9.59 Å². The molecule has 1 aromatic heterocycles. The number of methoxy groups -OCH3 is 1. The van der Waals surface area contributed by atoms with Gasteiger partial charge in [-0.25, -0.2) is 9.48 Å². The van der Waals surface area contributed by atoms with Gasteiger partial charge in [0.15, 0.2) is 5.69 Å². The summed E-state index contributed by atoms with van der Waals surface area (Å²) in [6.07, 6.45) is 0. The maximum Gasteiger partial charge on any atom is 0.358 e. The van der Waals surface area contributed by atoms with Crippen molar-refractivity contribution in [2.45, 2.75) is 13.0 Å². The number of nitrogens with one attached hydrogen (secondary N) is 1. The van der Waals surface area contributed by atoms with E-state index in [4.69, 9.17) is 4.74 Å². The van der Waals surface area contributed by atoms with Crippen LogP contribution in [0.25, 0.3) is 5.69 Å². The van der Waals surface area contributed by atoms with Crippen LogP contribution in [0.1, 0.15) is 27.9 Å². The highest BCUT2D eigenvalue weighted by molar-refractivity contribution is 5.96. The van der Waals surface area contributed by atoms with Gasteiger partial charge in [-0.15, -0.1) is 0 Å². The first-order valence-corrected chi connectivity index (χ1v) is 7.62. The third-order valence-corrected chi connectivity index (χ3v) is 3.78. The number of hydrogen-bond acceptors (Lipinski definition) is 5. The molecule has 0 fully saturated rings. The van der Waals surface area contributed by atoms with Gasteiger partial charge in [0.05, 0.1) is 12.8 Å². The zero-order valence-corrected chi connectivity index (χ0v) is 14.3. The second-order valence-electron chi connectivity index (χ2n) is 5.68. The number of benzene rings is 1. The summed E-state index contributed by atoms with van der Waals surface area (Å²) in [5.41, 5.74) is 1.07. The van der Waals surface area contributed by atoms with Crippen molar-refractivity contribution < 1.29 is 14.3 Å². The van der Waals surface area contributed by atoms with Crippen molar-refractivity contribution in [3.8, 4) is 5.69 Å². The summed E-state index contributed by atoms with van der Waals surface area (Å²) in [5, 5.41) is 7.07. The number of likely N-dealkylation sites (N-methyl/N-ethyl adjacent to an activating group) is 1. The molecule has 2 aromatic rings. The molecule has 1 heterocycles. The van der Waals surface area contributed by atoms with Gasteiger partial charge in [-0.2, -0.15) is 5.10 Å². The topological polar surface area (TPSA) is 76.5 Å². The highest BCUT2D eigenvalue weighted by Crippen LogP contribution is 2.13. The fourth-order valence-corrected chi connectivity index (χ4v) is 2.03. The summed E-state index contributed by atoms with van der Waals surface area (Å²) < 4.78 is 6.14. The quantitative estimate of drug-likeness (QED) is 0.809. The zero-order chi connectivity index (χ0) is 17.7. The molecular weight excluding hydrogens is 308 g/mol. The van der Waals surface area contributed by atoms with Crippen LogP contribution in [0.3, 0.4) is 0 Å². The average Bonchev–Trinajstić information content (AvgIpc) is 3.04. The van der Waals surface area contributed by atoms with Crippen molar-refractivity contribution in [3.63, 3.8) is 0 Å². The van der Waals surface area contributed by atoms with Crippen LogP contribution in [-0.4, -0.2) is 60.3 Å². The van der Waals surface area contributed by atoms with Gasteiger partial charge in [0.2, 0.25) is 0 Å². The monoisotopic (exact) mass is 330 g/mol. The third-order valence-electron chi connectivity index (χ3n) is 3.78. The van der Waals surface area contributed by atoms with E-state index in [2.05, 4.69) is 10.4 Å². The minimum Gasteiger partial charge on any atom is -0.464 e. The van der Waals surface area contributed by atoms with Crippen LogP contribution in [0.15, 0.2) is 36.4 Å². The van der Waals surface area contributed by atoms with Crippen LogP contribution in [0.5, 0.6) is 0 Å². The summed E-state index contributed by atoms with van der Waals surface area (Å²) in [5.74, 6) is -0.879. The molecule has 7 nitrogen and oxygen atoms in total. The molecule has 1 atom stereocenters. The Hall–Kier alpha value is -2.67. The van der Waals surface area contributed by atoms with Gasteiger partial charge in [-0.3, -0.25) is 4.79 Å². The number of nitrogens with zero attached hydrogens (tertiary/aromatic N) is 3. The first-order valence-electron chi connectivity index (χ1n) is 7.62. The van der Waals surface area contributed by atoms with Gasteiger partial charge >= 0.3 is 5.97 Å². The molecule has 24 heavy (non-hydrogen) atoms. The van der Waals surface area contributed by atoms with E-state index in [-0.39, 0.29) is 23.3 Å². The smallest absolute Gasteiger partial charge is 0.358 e. The summed E-state index contributed by atoms with van der Waals surface area (Å²) in [6.45, 7) is 2.49. The van der Waals surface area contributed by atoms with Gasteiger partial charge in [-0.05, 0) is 33.2 Å². The molecular formula is C17H22N4O3. The molecule has 0 aliphatic rings. The minimum atomic E-state index is -0.583. The van der Waals surface area contributed by atoms with Gasteiger partial charge in [0.1, 0.15) is 5.69 Å². The van der Waals surface area contributed by atoms with Crippen LogP contribution < -0.4 is 5.32 Å². The van der Waals surface area contributed by atoms with E-state index in [0.29, 0.717) is 12.2 Å². The number of para-hydroxylation sites is 1. The van der Waals surface area contributed by atoms with Crippen molar-refractivity contribution in [3.05, 3.63) is 47.8 Å². The van der Waals surface area contributed by atoms with Gasteiger partial charge < -0.3 is 15.0 Å². The van der Waals surface area contributed by atoms with Crippen LogP contribution in [0, 0.1) is 0 Å². The van der Waals surface area contributed by atoms with E-state index in [0.717, 1.165) is 0 Å². The van der Waals surface area contributed by atoms with Crippen LogP contribution in [0.4, 0.5) is 0 Å². The molecule has 0 bridgehead atoms. The third kappa shape index (κ3) is 3.99. The number of carbonyl (C=O) groups is 2. The zero-order valence-electron chi connectivity index (χ0n) is 14.3. The molecule has 0 saturated heterocycles. The number of amides is 1. The molecule has 0 radical (unpaired) electrons. The first-order chi connectivity index (χ1) is 11.4. The lowest BCUT2D eigenvalue weighted by Gasteiger charge is -2.20. The van der Waals surface area contributed by atoms with Gasteiger partial charge in [-0.1, -0.05) is 18.2 Å². The predicted octanol–water partition coefficient (Wildman–Crippen LogP) is 1.34. The van der Waals surface area contributed by atoms with Gasteiger partial charge in [0.25, 0.3) is 5.91 Å². The van der Waals surface area contributed by atoms with Crippen molar-refractivity contribution in [2.24, 2.45) is 0 Å². The average molecular weight is 330 g/mol. The summed E-state index contributed by atoms with van der Waals surface area (Å²) in [7, 11) is 5.17. The summed E-state index contributed by atoms with van der Waals surface area (Å²) >= 11 is 0. The lowest BCUT2D eigenvalue weighted by atomic mass is 10.2. The predicted molar refractivity (Wildman–Crippen MR) is 90.4 cm³/mol. The van der Waals surface area contributed by atoms with E-state index in [1.165, 1.54) is 17.9 Å². The molecule has 0 spiro atoms. The van der Waals surface area contributed by atoms with E-state index >= 15 is 0 Å². The first kappa shape index (κ1) is 17.7. The Labute approximate surface area is 141 Å². The van der Waals surface area contributed by atoms with Crippen LogP contribution in [0.2, 0.25) is 0 Å². The highest BCUT2D eigenvalue weighted by Gasteiger charge is 2.21. The Morgan fingerprint density at radius 1 is 1.29 bits per heavy atom. The maximum absolute atomic E-state index is 12.5. The second-order valence-corrected chi connectivity index (χ2v) is 5.68. The Morgan fingerprint density at radius 2 is 1.96 bits per heavy atom. The van der Waals surface area contributed by atoms with Crippen LogP contribution >= 0.6 is 0 Å². The fourth-order valence-electron chi connectivity index (χ4n) is 2.03. The molecule has 2 rings (SSSR count). The standard InChI is InChI=1S/C17H22N4O3/c1-12(20(2)3)11-18-16(22)15-10-14(17(23)24-4)19-21(15)13-8-6-5-7-9-13/h5-10,12H,11H2,1-4H3,(H,18,22)/t12-/m1/s1. The maximum atomic E-state index is 12.5. The number of carbonyl (C=O) groups excluding carboxylic acids is 2. The second kappa shape index (κ2) is 7.74. The van der Waals surface area contributed by atoms with E-state index < -0.39 is 5.97 Å².